The van der Waals surface area contributed by atoms with Crippen molar-refractivity contribution in [3.8, 4) is 22.5 Å². The van der Waals surface area contributed by atoms with Crippen molar-refractivity contribution in [3.63, 3.8) is 0 Å². The number of nitrogens with zero attached hydrogens (tertiary/aromatic N) is 1. The minimum absolute atomic E-state index is 0.000448. The van der Waals surface area contributed by atoms with Gasteiger partial charge in [0, 0.05) is 38.1 Å². The highest BCUT2D eigenvalue weighted by Crippen LogP contribution is 2.39. The van der Waals surface area contributed by atoms with E-state index in [1.165, 1.54) is 48.3 Å². The number of rotatable bonds is 8. The minimum Gasteiger partial charge on any atom is -0.455 e. The Kier molecular flexibility index (Phi) is 8.11. The molecule has 0 saturated heterocycles. The lowest BCUT2D eigenvalue weighted by Gasteiger charge is -2.35. The molecule has 7 nitrogen and oxygen atoms in total. The number of halogens is 2. The number of benzene rings is 3. The molecule has 3 aromatic carbocycles. The summed E-state index contributed by atoms with van der Waals surface area (Å²) < 4.78 is 34.7. The first-order valence-corrected chi connectivity index (χ1v) is 14.0. The van der Waals surface area contributed by atoms with Gasteiger partial charge < -0.3 is 20.0 Å². The maximum atomic E-state index is 14.9. The fourth-order valence-corrected chi connectivity index (χ4v) is 5.39. The van der Waals surface area contributed by atoms with Crippen LogP contribution < -0.4 is 10.6 Å². The summed E-state index contributed by atoms with van der Waals surface area (Å²) in [5, 5.41) is 6.02. The second-order valence-electron chi connectivity index (χ2n) is 11.0. The third kappa shape index (κ3) is 5.64. The van der Waals surface area contributed by atoms with Crippen LogP contribution in [0.15, 0.2) is 59.0 Å². The molecule has 0 bridgehead atoms. The highest BCUT2D eigenvalue weighted by molar-refractivity contribution is 6.12. The normalized spacial score (nSPS) is 16.1. The quantitative estimate of drug-likeness (QED) is 0.272. The molecule has 0 radical (unpaired) electrons. The van der Waals surface area contributed by atoms with E-state index in [-0.39, 0.29) is 35.3 Å². The lowest BCUT2D eigenvalue weighted by atomic mass is 9.78. The Labute approximate surface area is 242 Å². The average Bonchev–Trinajstić information content (AvgIpc) is 3.32. The van der Waals surface area contributed by atoms with Crippen molar-refractivity contribution in [2.24, 2.45) is 5.92 Å². The van der Waals surface area contributed by atoms with Crippen LogP contribution in [0.5, 0.6) is 0 Å². The van der Waals surface area contributed by atoms with Crippen LogP contribution in [-0.2, 0) is 11.2 Å². The average molecular weight is 574 g/mol. The monoisotopic (exact) mass is 573 g/mol. The molecular weight excluding hydrogens is 540 g/mol. The molecule has 1 fully saturated rings. The van der Waals surface area contributed by atoms with Crippen LogP contribution >= 0.6 is 0 Å². The summed E-state index contributed by atoms with van der Waals surface area (Å²) in [5.41, 5.74) is 2.64. The highest BCUT2D eigenvalue weighted by Gasteiger charge is 2.30. The van der Waals surface area contributed by atoms with Gasteiger partial charge in [-0.15, -0.1) is 0 Å². The van der Waals surface area contributed by atoms with Crippen molar-refractivity contribution >= 4 is 28.7 Å². The van der Waals surface area contributed by atoms with E-state index in [2.05, 4.69) is 17.6 Å². The molecule has 1 heterocycles. The first-order valence-electron chi connectivity index (χ1n) is 14.0. The molecule has 0 aliphatic heterocycles. The Hall–Kier alpha value is -4.53. The van der Waals surface area contributed by atoms with Gasteiger partial charge in [0.1, 0.15) is 23.0 Å². The number of nitrogens with one attached hydrogen (secondary N) is 2. The molecule has 4 aromatic rings. The maximum Gasteiger partial charge on any atom is 0.255 e. The first-order chi connectivity index (χ1) is 20.1. The third-order valence-electron chi connectivity index (χ3n) is 7.99. The number of amides is 3. The Morgan fingerprint density at radius 2 is 1.64 bits per heavy atom. The predicted molar refractivity (Wildman–Crippen MR) is 157 cm³/mol. The maximum absolute atomic E-state index is 14.9. The van der Waals surface area contributed by atoms with Crippen LogP contribution in [0.1, 0.15) is 52.5 Å². The molecule has 42 heavy (non-hydrogen) atoms. The fourth-order valence-electron chi connectivity index (χ4n) is 5.39. The Morgan fingerprint density at radius 3 is 2.29 bits per heavy atom. The van der Waals surface area contributed by atoms with Crippen LogP contribution in [0.25, 0.3) is 33.4 Å². The fraction of sp³-hybridized carbons (Fsp3) is 0.303. The van der Waals surface area contributed by atoms with Crippen LogP contribution in [0.3, 0.4) is 0 Å². The predicted octanol–water partition coefficient (Wildman–Crippen LogP) is 5.95. The van der Waals surface area contributed by atoms with E-state index in [1.54, 1.807) is 32.3 Å². The zero-order valence-corrected chi connectivity index (χ0v) is 24.0. The SMILES string of the molecule is CCC1CC(NC(=O)c2cc(-c3cc4c(C(=O)NC)c(-c5ccc(F)cc5)oc4cc3CC(=O)N(C)C)ccc2F)C1. The Morgan fingerprint density at radius 1 is 0.952 bits per heavy atom. The van der Waals surface area contributed by atoms with E-state index in [9.17, 15) is 23.2 Å². The number of hydrogen-bond donors (Lipinski definition) is 2. The molecule has 5 rings (SSSR count). The number of carbonyl (C=O) groups is 3. The van der Waals surface area contributed by atoms with Crippen molar-refractivity contribution in [3.05, 3.63) is 82.9 Å². The first kappa shape index (κ1) is 29.0. The lowest BCUT2D eigenvalue weighted by molar-refractivity contribution is -0.127. The largest absolute Gasteiger partial charge is 0.455 e. The van der Waals surface area contributed by atoms with Crippen molar-refractivity contribution in [1.82, 2.24) is 15.5 Å². The lowest BCUT2D eigenvalue weighted by Crippen LogP contribution is -2.44. The van der Waals surface area contributed by atoms with Crippen LogP contribution in [0.2, 0.25) is 0 Å². The van der Waals surface area contributed by atoms with Gasteiger partial charge in [-0.25, -0.2) is 8.78 Å². The van der Waals surface area contributed by atoms with Gasteiger partial charge in [0.2, 0.25) is 5.91 Å². The number of likely N-dealkylation sites (N-methyl/N-ethyl adjacent to an activating group) is 1. The number of carbonyl (C=O) groups excluding carboxylic acids is 3. The van der Waals surface area contributed by atoms with Crippen molar-refractivity contribution in [1.29, 1.82) is 0 Å². The second-order valence-corrected chi connectivity index (χ2v) is 11.0. The van der Waals surface area contributed by atoms with Crippen molar-refractivity contribution < 1.29 is 27.6 Å². The molecular formula is C33H33F2N3O4. The molecule has 218 valence electrons. The zero-order valence-electron chi connectivity index (χ0n) is 24.0. The molecule has 1 saturated carbocycles. The zero-order chi connectivity index (χ0) is 30.1. The van der Waals surface area contributed by atoms with Crippen molar-refractivity contribution in [2.75, 3.05) is 21.1 Å². The van der Waals surface area contributed by atoms with Gasteiger partial charge in [-0.3, -0.25) is 14.4 Å². The minimum atomic E-state index is -0.650. The van der Waals surface area contributed by atoms with E-state index in [4.69, 9.17) is 4.42 Å². The topological polar surface area (TPSA) is 91.6 Å². The van der Waals surface area contributed by atoms with Gasteiger partial charge >= 0.3 is 0 Å². The summed E-state index contributed by atoms with van der Waals surface area (Å²) in [6.45, 7) is 2.11. The highest BCUT2D eigenvalue weighted by atomic mass is 19.1. The van der Waals surface area contributed by atoms with E-state index >= 15 is 0 Å². The standard InChI is InChI=1S/C33H33F2N3O4/c1-5-18-12-23(13-18)37-32(40)25-14-20(8-11-27(25)35)24-17-26-28(15-21(24)16-29(39)38(3)4)42-31(30(26)33(41)36-2)19-6-9-22(34)10-7-19/h6-11,14-15,17-18,23H,5,12-13,16H2,1-4H3,(H,36,41)(H,37,40). The number of hydrogen-bond acceptors (Lipinski definition) is 4. The third-order valence-corrected chi connectivity index (χ3v) is 7.99. The molecule has 0 atom stereocenters. The van der Waals surface area contributed by atoms with Gasteiger partial charge in [0.15, 0.2) is 0 Å². The van der Waals surface area contributed by atoms with Gasteiger partial charge in [0.25, 0.3) is 11.8 Å². The summed E-state index contributed by atoms with van der Waals surface area (Å²) in [4.78, 5) is 40.5. The summed E-state index contributed by atoms with van der Waals surface area (Å²) in [7, 11) is 4.79. The van der Waals surface area contributed by atoms with E-state index < -0.39 is 23.4 Å². The van der Waals surface area contributed by atoms with Gasteiger partial charge in [-0.2, -0.15) is 0 Å². The van der Waals surface area contributed by atoms with Crippen LogP contribution in [0, 0.1) is 17.6 Å². The molecule has 0 spiro atoms. The smallest absolute Gasteiger partial charge is 0.255 e. The van der Waals surface area contributed by atoms with E-state index in [0.717, 1.165) is 19.3 Å². The van der Waals surface area contributed by atoms with Gasteiger partial charge in [0.05, 0.1) is 17.5 Å². The van der Waals surface area contributed by atoms with E-state index in [0.29, 0.717) is 39.1 Å². The molecule has 1 aromatic heterocycles. The Bertz CT molecular complexity index is 1670. The van der Waals surface area contributed by atoms with Crippen LogP contribution in [0.4, 0.5) is 8.78 Å². The summed E-state index contributed by atoms with van der Waals surface area (Å²) in [6, 6.07) is 13.3. The van der Waals surface area contributed by atoms with Crippen LogP contribution in [-0.4, -0.2) is 49.8 Å². The summed E-state index contributed by atoms with van der Waals surface area (Å²) >= 11 is 0. The molecule has 1 aliphatic rings. The Balaban J connectivity index is 1.65. The second kappa shape index (κ2) is 11.8. The molecule has 0 unspecified atom stereocenters. The molecule has 2 N–H and O–H groups in total. The van der Waals surface area contributed by atoms with E-state index in [1.807, 2.05) is 0 Å². The van der Waals surface area contributed by atoms with Gasteiger partial charge in [-0.05, 0) is 84.0 Å². The van der Waals surface area contributed by atoms with Gasteiger partial charge in [-0.1, -0.05) is 19.4 Å². The summed E-state index contributed by atoms with van der Waals surface area (Å²) in [6.07, 6.45) is 2.79. The van der Waals surface area contributed by atoms with Crippen molar-refractivity contribution in [2.45, 2.75) is 38.6 Å². The molecule has 1 aliphatic carbocycles. The molecule has 3 amide bonds. The summed E-state index contributed by atoms with van der Waals surface area (Å²) in [5.74, 6) is -1.35. The number of fused-ring (bicyclic) bond motifs is 1. The molecule has 9 heteroatoms. The number of furan rings is 1.